The summed E-state index contributed by atoms with van der Waals surface area (Å²) < 4.78 is 0. The molecule has 0 aromatic heterocycles. The minimum Gasteiger partial charge on any atom is -0.481 e. The van der Waals surface area contributed by atoms with Crippen LogP contribution in [-0.2, 0) is 19.2 Å². The lowest BCUT2D eigenvalue weighted by molar-refractivity contribution is -0.147. The fourth-order valence-electron chi connectivity index (χ4n) is 1.28. The molecule has 1 saturated heterocycles. The van der Waals surface area contributed by atoms with Crippen molar-refractivity contribution in [2.75, 3.05) is 7.05 Å². The molecule has 0 aromatic carbocycles. The average Bonchev–Trinajstić information content (AvgIpc) is 2.45. The van der Waals surface area contributed by atoms with Crippen LogP contribution in [-0.4, -0.2) is 46.8 Å². The van der Waals surface area contributed by atoms with Crippen molar-refractivity contribution in [1.29, 1.82) is 0 Å². The molecule has 0 spiro atoms. The largest absolute Gasteiger partial charge is 0.481 e. The van der Waals surface area contributed by atoms with Gasteiger partial charge in [-0.2, -0.15) is 0 Å². The summed E-state index contributed by atoms with van der Waals surface area (Å²) >= 11 is 0. The van der Waals surface area contributed by atoms with Gasteiger partial charge in [-0.15, -0.1) is 0 Å². The van der Waals surface area contributed by atoms with E-state index in [0.29, 0.717) is 0 Å². The number of carbonyl (C=O) groups excluding carboxylic acids is 3. The molecule has 0 aliphatic carbocycles. The predicted molar refractivity (Wildman–Crippen MR) is 51.1 cm³/mol. The van der Waals surface area contributed by atoms with Crippen molar-refractivity contribution in [3.8, 4) is 0 Å². The van der Waals surface area contributed by atoms with Crippen LogP contribution in [0.4, 0.5) is 0 Å². The highest BCUT2D eigenvalue weighted by Crippen LogP contribution is 2.11. The highest BCUT2D eigenvalue weighted by atomic mass is 16.4. The lowest BCUT2D eigenvalue weighted by Crippen LogP contribution is -2.44. The molecule has 1 rings (SSSR count). The lowest BCUT2D eigenvalue weighted by Gasteiger charge is -2.12. The summed E-state index contributed by atoms with van der Waals surface area (Å²) in [6.07, 6.45) is -0.118. The Balaban J connectivity index is 2.63. The number of hydrogen-bond donors (Lipinski definition) is 2. The first-order valence-corrected chi connectivity index (χ1v) is 4.68. The van der Waals surface area contributed by atoms with Crippen LogP contribution >= 0.6 is 0 Å². The Bertz CT molecular complexity index is 365. The molecule has 2 atom stereocenters. The van der Waals surface area contributed by atoms with Crippen LogP contribution < -0.4 is 5.32 Å². The van der Waals surface area contributed by atoms with Crippen molar-refractivity contribution >= 4 is 23.7 Å². The van der Waals surface area contributed by atoms with Gasteiger partial charge in [0.1, 0.15) is 12.0 Å². The maximum atomic E-state index is 11.4. The second-order valence-electron chi connectivity index (χ2n) is 3.62. The van der Waals surface area contributed by atoms with Crippen molar-refractivity contribution in [3.05, 3.63) is 0 Å². The first-order valence-electron chi connectivity index (χ1n) is 4.68. The van der Waals surface area contributed by atoms with E-state index in [1.54, 1.807) is 0 Å². The number of amides is 3. The number of hydrogen-bond acceptors (Lipinski definition) is 4. The Morgan fingerprint density at radius 1 is 1.50 bits per heavy atom. The van der Waals surface area contributed by atoms with Gasteiger partial charge in [0.2, 0.25) is 11.8 Å². The molecule has 1 aliphatic heterocycles. The number of carboxylic acid groups (broad SMARTS) is 1. The normalized spacial score (nSPS) is 22.1. The number of likely N-dealkylation sites (N-methyl/N-ethyl adjacent to an activating group) is 1. The number of aliphatic carboxylic acids is 1. The molecule has 1 fully saturated rings. The topological polar surface area (TPSA) is 104 Å². The number of likely N-dealkylation sites (tertiary alicyclic amines) is 1. The molecule has 0 bridgehead atoms. The van der Waals surface area contributed by atoms with E-state index >= 15 is 0 Å². The number of nitrogens with zero attached hydrogens (tertiary/aromatic N) is 1. The summed E-state index contributed by atoms with van der Waals surface area (Å²) in [5.41, 5.74) is 0. The third-order valence-electron chi connectivity index (χ3n) is 2.46. The summed E-state index contributed by atoms with van der Waals surface area (Å²) in [6, 6.07) is -0.938. The fourth-order valence-corrected chi connectivity index (χ4v) is 1.28. The molecule has 1 heterocycles. The van der Waals surface area contributed by atoms with Crippen molar-refractivity contribution < 1.29 is 24.3 Å². The Hall–Kier alpha value is -1.92. The molecule has 2 N–H and O–H groups in total. The van der Waals surface area contributed by atoms with Gasteiger partial charge in [0, 0.05) is 7.05 Å². The first-order chi connectivity index (χ1) is 7.34. The third kappa shape index (κ3) is 2.18. The van der Waals surface area contributed by atoms with E-state index in [-0.39, 0.29) is 6.42 Å². The van der Waals surface area contributed by atoms with Crippen LogP contribution in [0, 0.1) is 5.92 Å². The van der Waals surface area contributed by atoms with Gasteiger partial charge in [-0.25, -0.2) is 0 Å². The second-order valence-corrected chi connectivity index (χ2v) is 3.62. The third-order valence-corrected chi connectivity index (χ3v) is 2.46. The second kappa shape index (κ2) is 4.30. The first kappa shape index (κ1) is 12.2. The molecule has 7 heteroatoms. The highest BCUT2D eigenvalue weighted by Gasteiger charge is 2.38. The summed E-state index contributed by atoms with van der Waals surface area (Å²) in [4.78, 5) is 45.2. The minimum atomic E-state index is -1.28. The smallest absolute Gasteiger partial charge is 0.315 e. The van der Waals surface area contributed by atoms with Gasteiger partial charge in [0.25, 0.3) is 5.91 Å². The van der Waals surface area contributed by atoms with E-state index in [1.807, 2.05) is 0 Å². The summed E-state index contributed by atoms with van der Waals surface area (Å²) in [7, 11) is 1.32. The van der Waals surface area contributed by atoms with Gasteiger partial charge in [-0.3, -0.25) is 24.1 Å². The molecule has 0 saturated carbocycles. The average molecular weight is 228 g/mol. The summed E-state index contributed by atoms with van der Waals surface area (Å²) in [6.45, 7) is 1.21. The van der Waals surface area contributed by atoms with Gasteiger partial charge in [-0.05, 0) is 6.92 Å². The fraction of sp³-hybridized carbons (Fsp3) is 0.556. The number of carboxylic acids is 1. The maximum Gasteiger partial charge on any atom is 0.315 e. The molecular formula is C9H12N2O5. The van der Waals surface area contributed by atoms with Crippen LogP contribution in [0.2, 0.25) is 0 Å². The van der Waals surface area contributed by atoms with Crippen LogP contribution in [0.15, 0.2) is 0 Å². The summed E-state index contributed by atoms with van der Waals surface area (Å²) in [5, 5.41) is 10.8. The van der Waals surface area contributed by atoms with Crippen molar-refractivity contribution in [1.82, 2.24) is 10.2 Å². The predicted octanol–water partition coefficient (Wildman–Crippen LogP) is -1.42. The molecule has 88 valence electrons. The molecule has 2 unspecified atom stereocenters. The van der Waals surface area contributed by atoms with Crippen LogP contribution in [0.1, 0.15) is 13.3 Å². The zero-order valence-corrected chi connectivity index (χ0v) is 8.89. The van der Waals surface area contributed by atoms with Gasteiger partial charge in [0.15, 0.2) is 0 Å². The van der Waals surface area contributed by atoms with E-state index in [9.17, 15) is 19.2 Å². The highest BCUT2D eigenvalue weighted by molar-refractivity contribution is 6.07. The van der Waals surface area contributed by atoms with Crippen molar-refractivity contribution in [3.63, 3.8) is 0 Å². The van der Waals surface area contributed by atoms with E-state index in [2.05, 4.69) is 5.32 Å². The summed E-state index contributed by atoms with van der Waals surface area (Å²) in [5.74, 6) is -4.19. The standard InChI is InChI=1S/C9H12N2O5/c1-4(9(15)16)7(13)10-5-3-6(12)11(2)8(5)14/h4-5H,3H2,1-2H3,(H,10,13)(H,15,16). The molecule has 3 amide bonds. The van der Waals surface area contributed by atoms with E-state index in [0.717, 1.165) is 4.90 Å². The number of nitrogens with one attached hydrogen (secondary N) is 1. The minimum absolute atomic E-state index is 0.118. The van der Waals surface area contributed by atoms with E-state index < -0.39 is 35.7 Å². The quantitative estimate of drug-likeness (QED) is 0.455. The number of carbonyl (C=O) groups is 4. The Kier molecular flexibility index (Phi) is 3.26. The van der Waals surface area contributed by atoms with Crippen molar-refractivity contribution in [2.45, 2.75) is 19.4 Å². The van der Waals surface area contributed by atoms with Crippen molar-refractivity contribution in [2.24, 2.45) is 5.92 Å². The van der Waals surface area contributed by atoms with Crippen LogP contribution in [0.25, 0.3) is 0 Å². The van der Waals surface area contributed by atoms with E-state index in [4.69, 9.17) is 5.11 Å². The van der Waals surface area contributed by atoms with Gasteiger partial charge < -0.3 is 10.4 Å². The number of rotatable bonds is 3. The monoisotopic (exact) mass is 228 g/mol. The zero-order chi connectivity index (χ0) is 12.5. The van der Waals surface area contributed by atoms with Gasteiger partial charge in [-0.1, -0.05) is 0 Å². The molecule has 16 heavy (non-hydrogen) atoms. The van der Waals surface area contributed by atoms with Gasteiger partial charge in [0.05, 0.1) is 6.42 Å². The van der Waals surface area contributed by atoms with Gasteiger partial charge >= 0.3 is 5.97 Å². The lowest BCUT2D eigenvalue weighted by atomic mass is 10.1. The molecule has 0 radical (unpaired) electrons. The Morgan fingerprint density at radius 3 is 2.44 bits per heavy atom. The maximum absolute atomic E-state index is 11.4. The Morgan fingerprint density at radius 2 is 2.06 bits per heavy atom. The van der Waals surface area contributed by atoms with Crippen LogP contribution in [0.3, 0.4) is 0 Å². The number of imide groups is 1. The Labute approximate surface area is 91.4 Å². The molecule has 1 aliphatic rings. The van der Waals surface area contributed by atoms with Crippen LogP contribution in [0.5, 0.6) is 0 Å². The molecule has 7 nitrogen and oxygen atoms in total. The molecular weight excluding hydrogens is 216 g/mol. The van der Waals surface area contributed by atoms with E-state index in [1.165, 1.54) is 14.0 Å². The molecule has 0 aromatic rings. The SMILES string of the molecule is CC(C(=O)O)C(=O)NC1CC(=O)N(C)C1=O. The zero-order valence-electron chi connectivity index (χ0n) is 8.89.